The molecule has 8 heteroatoms. The van der Waals surface area contributed by atoms with Crippen molar-refractivity contribution in [3.8, 4) is 5.75 Å². The van der Waals surface area contributed by atoms with Crippen molar-refractivity contribution in [3.05, 3.63) is 60.2 Å². The monoisotopic (exact) mass is 417 g/mol. The normalized spacial score (nSPS) is 11.8. The van der Waals surface area contributed by atoms with E-state index in [9.17, 15) is 13.2 Å². The molecule has 0 spiro atoms. The summed E-state index contributed by atoms with van der Waals surface area (Å²) < 4.78 is 30.7. The van der Waals surface area contributed by atoms with Crippen molar-refractivity contribution in [2.24, 2.45) is 5.10 Å². The lowest BCUT2D eigenvalue weighted by Crippen LogP contribution is -2.39. The van der Waals surface area contributed by atoms with E-state index in [0.717, 1.165) is 22.7 Å². The predicted octanol–water partition coefficient (Wildman–Crippen LogP) is 2.98. The Bertz CT molecular complexity index is 926. The molecular weight excluding hydrogens is 390 g/mol. The van der Waals surface area contributed by atoms with Crippen LogP contribution in [-0.4, -0.2) is 39.4 Å². The van der Waals surface area contributed by atoms with Crippen LogP contribution in [0.25, 0.3) is 0 Å². The van der Waals surface area contributed by atoms with Crippen molar-refractivity contribution in [1.29, 1.82) is 0 Å². The number of benzene rings is 2. The maximum Gasteiger partial charge on any atom is 0.260 e. The van der Waals surface area contributed by atoms with E-state index in [1.807, 2.05) is 44.2 Å². The van der Waals surface area contributed by atoms with Gasteiger partial charge in [-0.15, -0.1) is 0 Å². The van der Waals surface area contributed by atoms with Crippen molar-refractivity contribution in [2.45, 2.75) is 26.7 Å². The molecule has 29 heavy (non-hydrogen) atoms. The van der Waals surface area contributed by atoms with E-state index in [1.165, 1.54) is 5.56 Å². The molecule has 1 amide bonds. The highest BCUT2D eigenvalue weighted by Crippen LogP contribution is 2.21. The van der Waals surface area contributed by atoms with Crippen molar-refractivity contribution < 1.29 is 17.9 Å². The number of aryl methyl sites for hydroxylation is 1. The number of rotatable bonds is 10. The molecule has 0 heterocycles. The SMILES string of the molecule is CCOc1ccc(N(CC(=O)N/N=C(/C)CCc2ccccc2)S(C)(=O)=O)cc1. The lowest BCUT2D eigenvalue weighted by atomic mass is 10.1. The summed E-state index contributed by atoms with van der Waals surface area (Å²) in [5, 5.41) is 4.08. The number of ether oxygens (including phenoxy) is 1. The largest absolute Gasteiger partial charge is 0.494 e. The zero-order valence-corrected chi connectivity index (χ0v) is 17.8. The van der Waals surface area contributed by atoms with Crippen molar-refractivity contribution in [2.75, 3.05) is 23.7 Å². The third-order valence-corrected chi connectivity index (χ3v) is 5.25. The molecule has 0 bridgehead atoms. The first-order valence-corrected chi connectivity index (χ1v) is 11.2. The summed E-state index contributed by atoms with van der Waals surface area (Å²) >= 11 is 0. The highest BCUT2D eigenvalue weighted by Gasteiger charge is 2.20. The Kier molecular flexibility index (Phi) is 8.21. The standard InChI is InChI=1S/C21H27N3O4S/c1-4-28-20-14-12-19(13-15-20)24(29(3,26)27)16-21(25)23-22-17(2)10-11-18-8-6-5-7-9-18/h5-9,12-15H,4,10-11,16H2,1-3H3,(H,23,25)/b22-17-. The van der Waals surface area contributed by atoms with E-state index in [2.05, 4.69) is 10.5 Å². The molecule has 0 aliphatic heterocycles. The van der Waals surface area contributed by atoms with Crippen LogP contribution in [0.1, 0.15) is 25.8 Å². The van der Waals surface area contributed by atoms with Gasteiger partial charge in [0.25, 0.3) is 5.91 Å². The number of hydrogen-bond donors (Lipinski definition) is 1. The van der Waals surface area contributed by atoms with Gasteiger partial charge >= 0.3 is 0 Å². The minimum Gasteiger partial charge on any atom is -0.494 e. The van der Waals surface area contributed by atoms with Gasteiger partial charge in [0.05, 0.1) is 18.6 Å². The molecule has 0 radical (unpaired) electrons. The van der Waals surface area contributed by atoms with Gasteiger partial charge in [-0.2, -0.15) is 5.10 Å². The van der Waals surface area contributed by atoms with Crippen LogP contribution in [0, 0.1) is 0 Å². The predicted molar refractivity (Wildman–Crippen MR) is 116 cm³/mol. The molecule has 0 saturated heterocycles. The zero-order chi connectivity index (χ0) is 21.3. The lowest BCUT2D eigenvalue weighted by molar-refractivity contribution is -0.119. The fourth-order valence-corrected chi connectivity index (χ4v) is 3.48. The van der Waals surface area contributed by atoms with Crippen LogP contribution in [-0.2, 0) is 21.2 Å². The number of carbonyl (C=O) groups excluding carboxylic acids is 1. The summed E-state index contributed by atoms with van der Waals surface area (Å²) in [5.41, 5.74) is 4.77. The number of nitrogens with one attached hydrogen (secondary N) is 1. The van der Waals surface area contributed by atoms with Crippen LogP contribution >= 0.6 is 0 Å². The van der Waals surface area contributed by atoms with Crippen LogP contribution in [0.5, 0.6) is 5.75 Å². The Morgan fingerprint density at radius 1 is 1.10 bits per heavy atom. The second kappa shape index (κ2) is 10.6. The number of hydrogen-bond acceptors (Lipinski definition) is 5. The first kappa shape index (κ1) is 22.4. The molecule has 2 aromatic carbocycles. The van der Waals surface area contributed by atoms with E-state index in [4.69, 9.17) is 4.74 Å². The third kappa shape index (κ3) is 7.57. The maximum atomic E-state index is 12.3. The van der Waals surface area contributed by atoms with Gasteiger partial charge in [-0.3, -0.25) is 9.10 Å². The Hall–Kier alpha value is -2.87. The Labute approximate surface area is 172 Å². The first-order valence-electron chi connectivity index (χ1n) is 9.36. The van der Waals surface area contributed by atoms with Crippen LogP contribution in [0.4, 0.5) is 5.69 Å². The molecule has 2 rings (SSSR count). The molecule has 0 aromatic heterocycles. The number of hydrazone groups is 1. The Balaban J connectivity index is 1.97. The molecule has 0 atom stereocenters. The number of nitrogens with zero attached hydrogens (tertiary/aromatic N) is 2. The van der Waals surface area contributed by atoms with Gasteiger partial charge in [0.1, 0.15) is 12.3 Å². The second-order valence-corrected chi connectivity index (χ2v) is 8.47. The molecular formula is C21H27N3O4S. The molecule has 1 N–H and O–H groups in total. The fraction of sp³-hybridized carbons (Fsp3) is 0.333. The van der Waals surface area contributed by atoms with Gasteiger partial charge < -0.3 is 4.74 Å². The van der Waals surface area contributed by atoms with Crippen LogP contribution < -0.4 is 14.5 Å². The second-order valence-electron chi connectivity index (χ2n) is 6.56. The van der Waals surface area contributed by atoms with Crippen LogP contribution in [0.3, 0.4) is 0 Å². The molecule has 0 saturated carbocycles. The minimum absolute atomic E-state index is 0.359. The third-order valence-electron chi connectivity index (χ3n) is 4.11. The van der Waals surface area contributed by atoms with E-state index in [-0.39, 0.29) is 6.54 Å². The number of anilines is 1. The van der Waals surface area contributed by atoms with Crippen molar-refractivity contribution in [1.82, 2.24) is 5.43 Å². The molecule has 0 fully saturated rings. The number of amides is 1. The maximum absolute atomic E-state index is 12.3. The number of sulfonamides is 1. The van der Waals surface area contributed by atoms with Crippen LogP contribution in [0.15, 0.2) is 59.7 Å². The van der Waals surface area contributed by atoms with Crippen molar-refractivity contribution >= 4 is 27.3 Å². The average molecular weight is 418 g/mol. The van der Waals surface area contributed by atoms with E-state index in [1.54, 1.807) is 24.3 Å². The quantitative estimate of drug-likeness (QED) is 0.475. The molecule has 2 aromatic rings. The highest BCUT2D eigenvalue weighted by molar-refractivity contribution is 7.92. The summed E-state index contributed by atoms with van der Waals surface area (Å²) in [6.45, 7) is 3.84. The lowest BCUT2D eigenvalue weighted by Gasteiger charge is -2.21. The first-order chi connectivity index (χ1) is 13.8. The molecule has 0 aliphatic rings. The van der Waals surface area contributed by atoms with E-state index in [0.29, 0.717) is 24.5 Å². The Morgan fingerprint density at radius 3 is 2.34 bits per heavy atom. The summed E-state index contributed by atoms with van der Waals surface area (Å²) in [6.07, 6.45) is 2.57. The van der Waals surface area contributed by atoms with E-state index < -0.39 is 15.9 Å². The zero-order valence-electron chi connectivity index (χ0n) is 17.0. The van der Waals surface area contributed by atoms with Gasteiger partial charge in [-0.05, 0) is 56.5 Å². The topological polar surface area (TPSA) is 88.1 Å². The van der Waals surface area contributed by atoms with Gasteiger partial charge in [-0.25, -0.2) is 13.8 Å². The highest BCUT2D eigenvalue weighted by atomic mass is 32.2. The smallest absolute Gasteiger partial charge is 0.260 e. The van der Waals surface area contributed by atoms with Gasteiger partial charge in [0, 0.05) is 5.71 Å². The molecule has 0 aliphatic carbocycles. The molecule has 7 nitrogen and oxygen atoms in total. The number of carbonyl (C=O) groups is 1. The Morgan fingerprint density at radius 2 is 1.76 bits per heavy atom. The van der Waals surface area contributed by atoms with Gasteiger partial charge in [-0.1, -0.05) is 30.3 Å². The fourth-order valence-electron chi connectivity index (χ4n) is 2.62. The summed E-state index contributed by atoms with van der Waals surface area (Å²) in [7, 11) is -3.64. The minimum atomic E-state index is -3.64. The summed E-state index contributed by atoms with van der Waals surface area (Å²) in [6, 6.07) is 16.5. The average Bonchev–Trinajstić information content (AvgIpc) is 2.70. The molecule has 156 valence electrons. The van der Waals surface area contributed by atoms with E-state index >= 15 is 0 Å². The summed E-state index contributed by atoms with van der Waals surface area (Å²) in [5.74, 6) is 0.121. The van der Waals surface area contributed by atoms with Crippen molar-refractivity contribution in [3.63, 3.8) is 0 Å². The van der Waals surface area contributed by atoms with Gasteiger partial charge in [0.2, 0.25) is 10.0 Å². The van der Waals surface area contributed by atoms with Crippen LogP contribution in [0.2, 0.25) is 0 Å². The summed E-state index contributed by atoms with van der Waals surface area (Å²) in [4.78, 5) is 12.3. The van der Waals surface area contributed by atoms with Gasteiger partial charge in [0.15, 0.2) is 0 Å². The molecule has 0 unspecified atom stereocenters.